The molecule has 0 spiro atoms. The maximum absolute atomic E-state index is 10.6. The number of aromatic nitrogens is 2. The van der Waals surface area contributed by atoms with Crippen LogP contribution < -0.4 is 0 Å². The third-order valence-corrected chi connectivity index (χ3v) is 1.81. The Morgan fingerprint density at radius 2 is 2.45 bits per heavy atom. The van der Waals surface area contributed by atoms with Crippen LogP contribution in [0.5, 0.6) is 0 Å². The quantitative estimate of drug-likeness (QED) is 0.672. The van der Waals surface area contributed by atoms with Crippen molar-refractivity contribution in [1.82, 2.24) is 9.78 Å². The van der Waals surface area contributed by atoms with Gasteiger partial charge in [0.15, 0.2) is 0 Å². The fourth-order valence-corrected chi connectivity index (χ4v) is 0.874. The highest BCUT2D eigenvalue weighted by Gasteiger charge is 2.12. The smallest absolute Gasteiger partial charge is 0.245 e. The third-order valence-electron chi connectivity index (χ3n) is 1.30. The largest absolute Gasteiger partial charge is 0.279 e. The highest BCUT2D eigenvalue weighted by Crippen LogP contribution is 2.12. The first kappa shape index (κ1) is 8.56. The van der Waals surface area contributed by atoms with Gasteiger partial charge in [-0.2, -0.15) is 5.10 Å². The van der Waals surface area contributed by atoms with Crippen LogP contribution in [-0.4, -0.2) is 15.0 Å². The van der Waals surface area contributed by atoms with E-state index in [0.29, 0.717) is 5.02 Å². The van der Waals surface area contributed by atoms with E-state index in [1.54, 1.807) is 13.1 Å². The van der Waals surface area contributed by atoms with Gasteiger partial charge in [-0.05, 0) is 18.5 Å². The van der Waals surface area contributed by atoms with E-state index in [4.69, 9.17) is 23.2 Å². The average Bonchev–Trinajstić information content (AvgIpc) is 2.34. The molecule has 0 bridgehead atoms. The van der Waals surface area contributed by atoms with Crippen LogP contribution >= 0.6 is 23.2 Å². The van der Waals surface area contributed by atoms with Gasteiger partial charge >= 0.3 is 0 Å². The molecule has 5 heteroatoms. The molecule has 0 fully saturated rings. The van der Waals surface area contributed by atoms with Gasteiger partial charge in [0.25, 0.3) is 0 Å². The maximum atomic E-state index is 10.6. The van der Waals surface area contributed by atoms with Crippen LogP contribution in [0.25, 0.3) is 0 Å². The number of rotatable bonds is 2. The second kappa shape index (κ2) is 3.24. The van der Waals surface area contributed by atoms with E-state index in [9.17, 15) is 4.79 Å². The fraction of sp³-hybridized carbons (Fsp3) is 0.333. The van der Waals surface area contributed by atoms with E-state index in [1.807, 2.05) is 0 Å². The molecule has 0 saturated carbocycles. The zero-order chi connectivity index (χ0) is 8.43. The number of carbonyl (C=O) groups is 1. The molecule has 60 valence electrons. The lowest BCUT2D eigenvalue weighted by Gasteiger charge is -2.04. The summed E-state index contributed by atoms with van der Waals surface area (Å²) >= 11 is 10.8. The number of nitrogens with zero attached hydrogens (tertiary/aromatic N) is 2. The summed E-state index contributed by atoms with van der Waals surface area (Å²) in [6, 6.07) is -0.454. The number of hydrogen-bond donors (Lipinski definition) is 0. The molecule has 3 nitrogen and oxygen atoms in total. The highest BCUT2D eigenvalue weighted by molar-refractivity contribution is 6.64. The molecular formula is C6H6Cl2N2O. The van der Waals surface area contributed by atoms with Crippen LogP contribution in [0, 0.1) is 0 Å². The maximum Gasteiger partial charge on any atom is 0.245 e. The van der Waals surface area contributed by atoms with Crippen molar-refractivity contribution in [2.45, 2.75) is 13.0 Å². The zero-order valence-corrected chi connectivity index (χ0v) is 7.30. The lowest BCUT2D eigenvalue weighted by atomic mass is 10.4. The molecular weight excluding hydrogens is 187 g/mol. The molecule has 0 aliphatic carbocycles. The molecule has 1 atom stereocenters. The normalized spacial score (nSPS) is 13.0. The van der Waals surface area contributed by atoms with Gasteiger partial charge in [0.2, 0.25) is 5.24 Å². The van der Waals surface area contributed by atoms with Gasteiger partial charge in [-0.3, -0.25) is 9.48 Å². The SMILES string of the molecule is C[C@@H](C(=O)Cl)n1cc(Cl)cn1. The number of halogens is 2. The summed E-state index contributed by atoms with van der Waals surface area (Å²) in [4.78, 5) is 10.6. The number of carbonyl (C=O) groups excluding carboxylic acids is 1. The first-order chi connectivity index (χ1) is 5.11. The standard InChI is InChI=1S/C6H6Cl2N2O/c1-4(6(8)11)10-3-5(7)2-9-10/h2-4H,1H3/t4-/m0/s1. The summed E-state index contributed by atoms with van der Waals surface area (Å²) in [5.41, 5.74) is 0. The van der Waals surface area contributed by atoms with E-state index in [-0.39, 0.29) is 0 Å². The number of hydrogen-bond acceptors (Lipinski definition) is 2. The van der Waals surface area contributed by atoms with Crippen molar-refractivity contribution in [2.24, 2.45) is 0 Å². The van der Waals surface area contributed by atoms with Crippen molar-refractivity contribution in [1.29, 1.82) is 0 Å². The Morgan fingerprint density at radius 1 is 1.82 bits per heavy atom. The second-order valence-corrected chi connectivity index (χ2v) is 2.93. The Hall–Kier alpha value is -0.540. The minimum Gasteiger partial charge on any atom is -0.279 e. The van der Waals surface area contributed by atoms with E-state index < -0.39 is 11.3 Å². The first-order valence-electron chi connectivity index (χ1n) is 3.00. The summed E-state index contributed by atoms with van der Waals surface area (Å²) < 4.78 is 1.41. The van der Waals surface area contributed by atoms with Crippen molar-refractivity contribution in [3.8, 4) is 0 Å². The van der Waals surface area contributed by atoms with Gasteiger partial charge in [-0.15, -0.1) is 0 Å². The van der Waals surface area contributed by atoms with Crippen LogP contribution in [-0.2, 0) is 4.79 Å². The molecule has 0 aliphatic rings. The van der Waals surface area contributed by atoms with Gasteiger partial charge < -0.3 is 0 Å². The Morgan fingerprint density at radius 3 is 2.82 bits per heavy atom. The first-order valence-corrected chi connectivity index (χ1v) is 3.76. The Balaban J connectivity index is 2.84. The van der Waals surface area contributed by atoms with E-state index in [1.165, 1.54) is 10.9 Å². The van der Waals surface area contributed by atoms with E-state index >= 15 is 0 Å². The van der Waals surface area contributed by atoms with Crippen LogP contribution in [0.2, 0.25) is 5.02 Å². The van der Waals surface area contributed by atoms with Crippen LogP contribution in [0.1, 0.15) is 13.0 Å². The fourth-order valence-electron chi connectivity index (χ4n) is 0.631. The van der Waals surface area contributed by atoms with Crippen molar-refractivity contribution in [3.63, 3.8) is 0 Å². The van der Waals surface area contributed by atoms with Gasteiger partial charge in [0.05, 0.1) is 11.2 Å². The lowest BCUT2D eigenvalue weighted by Crippen LogP contribution is -2.11. The van der Waals surface area contributed by atoms with Crippen molar-refractivity contribution in [3.05, 3.63) is 17.4 Å². The minimum atomic E-state index is -0.454. The highest BCUT2D eigenvalue weighted by atomic mass is 35.5. The van der Waals surface area contributed by atoms with Gasteiger partial charge in [0.1, 0.15) is 6.04 Å². The molecule has 0 aromatic carbocycles. The molecule has 1 rings (SSSR count). The van der Waals surface area contributed by atoms with E-state index in [0.717, 1.165) is 0 Å². The van der Waals surface area contributed by atoms with E-state index in [2.05, 4.69) is 5.10 Å². The van der Waals surface area contributed by atoms with Crippen molar-refractivity contribution >= 4 is 28.4 Å². The van der Waals surface area contributed by atoms with Gasteiger partial charge in [0, 0.05) is 6.20 Å². The van der Waals surface area contributed by atoms with Crippen LogP contribution in [0.15, 0.2) is 12.4 Å². The molecule has 0 saturated heterocycles. The lowest BCUT2D eigenvalue weighted by molar-refractivity contribution is -0.114. The van der Waals surface area contributed by atoms with Crippen LogP contribution in [0.4, 0.5) is 0 Å². The predicted molar refractivity (Wildman–Crippen MR) is 42.8 cm³/mol. The summed E-state index contributed by atoms with van der Waals surface area (Å²) in [7, 11) is 0. The Labute approximate surface area is 73.9 Å². The molecule has 0 N–H and O–H groups in total. The Kier molecular flexibility index (Phi) is 2.52. The van der Waals surface area contributed by atoms with Crippen molar-refractivity contribution < 1.29 is 4.79 Å². The van der Waals surface area contributed by atoms with Crippen LogP contribution in [0.3, 0.4) is 0 Å². The second-order valence-electron chi connectivity index (χ2n) is 2.12. The molecule has 1 heterocycles. The minimum absolute atomic E-state index is 0.454. The molecule has 11 heavy (non-hydrogen) atoms. The third kappa shape index (κ3) is 1.94. The van der Waals surface area contributed by atoms with Gasteiger partial charge in [-0.25, -0.2) is 0 Å². The average molecular weight is 193 g/mol. The summed E-state index contributed by atoms with van der Waals surface area (Å²) in [6.45, 7) is 1.65. The molecule has 0 unspecified atom stereocenters. The molecule has 1 aromatic rings. The molecule has 1 aromatic heterocycles. The zero-order valence-electron chi connectivity index (χ0n) is 5.79. The molecule has 0 radical (unpaired) electrons. The molecule has 0 amide bonds. The monoisotopic (exact) mass is 192 g/mol. The predicted octanol–water partition coefficient (Wildman–Crippen LogP) is 1.86. The summed E-state index contributed by atoms with van der Waals surface area (Å²) in [5, 5.41) is 3.86. The summed E-state index contributed by atoms with van der Waals surface area (Å²) in [5.74, 6) is 0. The van der Waals surface area contributed by atoms with Crippen molar-refractivity contribution in [2.75, 3.05) is 0 Å². The van der Waals surface area contributed by atoms with Gasteiger partial charge in [-0.1, -0.05) is 11.6 Å². The topological polar surface area (TPSA) is 34.9 Å². The Bertz CT molecular complexity index is 271. The summed E-state index contributed by atoms with van der Waals surface area (Å²) in [6.07, 6.45) is 3.00. The molecule has 0 aliphatic heterocycles.